The summed E-state index contributed by atoms with van der Waals surface area (Å²) < 4.78 is 5.29. The fraction of sp³-hybridized carbons (Fsp3) is 0.567. The molecule has 37 heavy (non-hydrogen) atoms. The highest BCUT2D eigenvalue weighted by Gasteiger charge is 2.32. The minimum Gasteiger partial charge on any atom is -0.497 e. The van der Waals surface area contributed by atoms with Crippen molar-refractivity contribution in [1.29, 1.82) is 0 Å². The highest BCUT2D eigenvalue weighted by molar-refractivity contribution is 5.95. The Balaban J connectivity index is 1.20. The van der Waals surface area contributed by atoms with Crippen LogP contribution in [0.2, 0.25) is 0 Å². The van der Waals surface area contributed by atoms with E-state index in [9.17, 15) is 9.59 Å². The molecule has 0 spiro atoms. The van der Waals surface area contributed by atoms with Crippen LogP contribution in [0.1, 0.15) is 71.8 Å². The molecule has 7 nitrogen and oxygen atoms in total. The zero-order valence-electron chi connectivity index (χ0n) is 22.3. The molecule has 0 N–H and O–H groups in total. The van der Waals surface area contributed by atoms with Crippen LogP contribution in [0.25, 0.3) is 0 Å². The Morgan fingerprint density at radius 3 is 2.35 bits per heavy atom. The maximum Gasteiger partial charge on any atom is 0.255 e. The lowest BCUT2D eigenvalue weighted by molar-refractivity contribution is -0.131. The van der Waals surface area contributed by atoms with Gasteiger partial charge in [-0.25, -0.2) is 0 Å². The molecule has 0 bridgehead atoms. The van der Waals surface area contributed by atoms with Gasteiger partial charge < -0.3 is 14.5 Å². The van der Waals surface area contributed by atoms with Gasteiger partial charge in [-0.3, -0.25) is 19.5 Å². The van der Waals surface area contributed by atoms with E-state index in [4.69, 9.17) is 9.72 Å². The number of piperidine rings is 1. The zero-order valence-corrected chi connectivity index (χ0v) is 22.3. The van der Waals surface area contributed by atoms with Gasteiger partial charge in [0, 0.05) is 56.9 Å². The van der Waals surface area contributed by atoms with Crippen LogP contribution in [-0.4, -0.2) is 83.9 Å². The number of ether oxygens (including phenoxy) is 1. The predicted octanol–water partition coefficient (Wildman–Crippen LogP) is 4.05. The van der Waals surface area contributed by atoms with E-state index in [0.29, 0.717) is 25.6 Å². The Labute approximate surface area is 220 Å². The molecular formula is C30H40N4O3. The largest absolute Gasteiger partial charge is 0.497 e. The molecule has 1 saturated carbocycles. The van der Waals surface area contributed by atoms with Gasteiger partial charge in [-0.2, -0.15) is 0 Å². The Kier molecular flexibility index (Phi) is 8.08. The van der Waals surface area contributed by atoms with Gasteiger partial charge in [-0.05, 0) is 62.4 Å². The summed E-state index contributed by atoms with van der Waals surface area (Å²) in [5.41, 5.74) is 3.58. The van der Waals surface area contributed by atoms with E-state index in [2.05, 4.69) is 4.90 Å². The lowest BCUT2D eigenvalue weighted by Crippen LogP contribution is -2.51. The fourth-order valence-corrected chi connectivity index (χ4v) is 6.27. The molecule has 1 aliphatic carbocycles. The predicted molar refractivity (Wildman–Crippen MR) is 144 cm³/mol. The number of rotatable bonds is 6. The first-order valence-electron chi connectivity index (χ1n) is 13.9. The number of hydrogen-bond acceptors (Lipinski definition) is 5. The van der Waals surface area contributed by atoms with Crippen LogP contribution >= 0.6 is 0 Å². The standard InChI is InChI=1S/C30H40N4O3/c1-22-10-11-27(30(36)34-18-16-32(17-19-34)25-7-3-4-8-25)29(31-22)24-12-14-33(15-13-24)28(35)21-23-6-5-9-26(20-23)37-2/h5-6,9-11,20,24-25H,3-4,7-8,12-19,21H2,1-2H3. The van der Waals surface area contributed by atoms with Gasteiger partial charge in [0.15, 0.2) is 0 Å². The van der Waals surface area contributed by atoms with E-state index in [1.54, 1.807) is 7.11 Å². The number of carbonyl (C=O) groups excluding carboxylic acids is 2. The first kappa shape index (κ1) is 25.7. The smallest absolute Gasteiger partial charge is 0.255 e. The summed E-state index contributed by atoms with van der Waals surface area (Å²) in [6.07, 6.45) is 7.33. The van der Waals surface area contributed by atoms with E-state index < -0.39 is 0 Å². The second-order valence-electron chi connectivity index (χ2n) is 10.8. The van der Waals surface area contributed by atoms with Crippen molar-refractivity contribution >= 4 is 11.8 Å². The average Bonchev–Trinajstić information content (AvgIpc) is 3.48. The highest BCUT2D eigenvalue weighted by atomic mass is 16.5. The molecule has 0 radical (unpaired) electrons. The monoisotopic (exact) mass is 504 g/mol. The number of amides is 2. The molecule has 1 aromatic carbocycles. The van der Waals surface area contributed by atoms with Gasteiger partial charge in [0.2, 0.25) is 5.91 Å². The molecular weight excluding hydrogens is 464 g/mol. The van der Waals surface area contributed by atoms with Crippen molar-refractivity contribution in [1.82, 2.24) is 19.7 Å². The third-order valence-electron chi connectivity index (χ3n) is 8.46. The second kappa shape index (κ2) is 11.6. The van der Waals surface area contributed by atoms with E-state index in [1.165, 1.54) is 25.7 Å². The second-order valence-corrected chi connectivity index (χ2v) is 10.8. The molecule has 5 rings (SSSR count). The van der Waals surface area contributed by atoms with Gasteiger partial charge in [0.25, 0.3) is 5.91 Å². The normalized spacial score (nSPS) is 19.8. The van der Waals surface area contributed by atoms with Crippen LogP contribution in [0.4, 0.5) is 0 Å². The van der Waals surface area contributed by atoms with E-state index in [-0.39, 0.29) is 17.7 Å². The van der Waals surface area contributed by atoms with Crippen molar-refractivity contribution in [3.05, 3.63) is 58.9 Å². The lowest BCUT2D eigenvalue weighted by atomic mass is 9.89. The Morgan fingerprint density at radius 1 is 0.919 bits per heavy atom. The SMILES string of the molecule is COc1cccc(CC(=O)N2CCC(c3nc(C)ccc3C(=O)N3CCN(C4CCCC4)CC3)CC2)c1. The minimum absolute atomic E-state index is 0.116. The molecule has 3 heterocycles. The molecule has 0 unspecified atom stereocenters. The van der Waals surface area contributed by atoms with Gasteiger partial charge in [-0.1, -0.05) is 25.0 Å². The molecule has 2 saturated heterocycles. The summed E-state index contributed by atoms with van der Waals surface area (Å²) in [7, 11) is 1.64. The summed E-state index contributed by atoms with van der Waals surface area (Å²) in [6.45, 7) is 6.90. The van der Waals surface area contributed by atoms with Gasteiger partial charge in [0.05, 0.1) is 24.8 Å². The number of pyridine rings is 1. The van der Waals surface area contributed by atoms with E-state index in [1.807, 2.05) is 53.1 Å². The summed E-state index contributed by atoms with van der Waals surface area (Å²) in [5, 5.41) is 0. The number of methoxy groups -OCH3 is 1. The van der Waals surface area contributed by atoms with Crippen LogP contribution in [0, 0.1) is 6.92 Å². The Morgan fingerprint density at radius 2 is 1.65 bits per heavy atom. The van der Waals surface area contributed by atoms with Crippen LogP contribution in [0.3, 0.4) is 0 Å². The summed E-state index contributed by atoms with van der Waals surface area (Å²) in [6, 6.07) is 12.3. The van der Waals surface area contributed by atoms with E-state index >= 15 is 0 Å². The molecule has 1 aromatic heterocycles. The van der Waals surface area contributed by atoms with Crippen molar-refractivity contribution in [2.24, 2.45) is 0 Å². The van der Waals surface area contributed by atoms with Crippen molar-refractivity contribution in [3.63, 3.8) is 0 Å². The quantitative estimate of drug-likeness (QED) is 0.594. The van der Waals surface area contributed by atoms with Crippen LogP contribution in [0.5, 0.6) is 5.75 Å². The van der Waals surface area contributed by atoms with Crippen molar-refractivity contribution < 1.29 is 14.3 Å². The van der Waals surface area contributed by atoms with Gasteiger partial charge >= 0.3 is 0 Å². The molecule has 198 valence electrons. The molecule has 7 heteroatoms. The number of aromatic nitrogens is 1. The maximum absolute atomic E-state index is 13.6. The zero-order chi connectivity index (χ0) is 25.8. The molecule has 2 aromatic rings. The van der Waals surface area contributed by atoms with Crippen LogP contribution in [-0.2, 0) is 11.2 Å². The van der Waals surface area contributed by atoms with Gasteiger partial charge in [0.1, 0.15) is 5.75 Å². The lowest BCUT2D eigenvalue weighted by Gasteiger charge is -2.38. The molecule has 2 aliphatic heterocycles. The fourth-order valence-electron chi connectivity index (χ4n) is 6.27. The van der Waals surface area contributed by atoms with Crippen LogP contribution in [0.15, 0.2) is 36.4 Å². The van der Waals surface area contributed by atoms with E-state index in [0.717, 1.165) is 67.3 Å². The van der Waals surface area contributed by atoms with Crippen molar-refractivity contribution in [2.75, 3.05) is 46.4 Å². The van der Waals surface area contributed by atoms with Crippen molar-refractivity contribution in [3.8, 4) is 5.75 Å². The number of nitrogens with zero attached hydrogens (tertiary/aromatic N) is 4. The topological polar surface area (TPSA) is 66.0 Å². The molecule has 0 atom stereocenters. The Hall–Kier alpha value is -2.93. The average molecular weight is 505 g/mol. The molecule has 3 aliphatic rings. The highest BCUT2D eigenvalue weighted by Crippen LogP contribution is 2.31. The first-order chi connectivity index (χ1) is 18.0. The maximum atomic E-state index is 13.6. The number of benzene rings is 1. The molecule has 3 fully saturated rings. The summed E-state index contributed by atoms with van der Waals surface area (Å²) in [5.74, 6) is 1.22. The number of carbonyl (C=O) groups is 2. The van der Waals surface area contributed by atoms with Crippen LogP contribution < -0.4 is 4.74 Å². The summed E-state index contributed by atoms with van der Waals surface area (Å²) in [4.78, 5) is 38.0. The van der Waals surface area contributed by atoms with Crippen molar-refractivity contribution in [2.45, 2.75) is 63.8 Å². The first-order valence-corrected chi connectivity index (χ1v) is 13.9. The number of piperazine rings is 1. The Bertz CT molecular complexity index is 1100. The number of aryl methyl sites for hydroxylation is 1. The number of hydrogen-bond donors (Lipinski definition) is 0. The minimum atomic E-state index is 0.116. The third-order valence-corrected chi connectivity index (χ3v) is 8.46. The number of likely N-dealkylation sites (tertiary alicyclic amines) is 1. The third kappa shape index (κ3) is 5.98. The molecule has 2 amide bonds. The summed E-state index contributed by atoms with van der Waals surface area (Å²) >= 11 is 0. The van der Waals surface area contributed by atoms with Gasteiger partial charge in [-0.15, -0.1) is 0 Å².